The number of hydrogen-bond donors (Lipinski definition) is 1. The quantitative estimate of drug-likeness (QED) is 0.869. The van der Waals surface area contributed by atoms with Crippen molar-refractivity contribution in [3.05, 3.63) is 60.2 Å². The van der Waals surface area contributed by atoms with Crippen molar-refractivity contribution in [3.63, 3.8) is 0 Å². The van der Waals surface area contributed by atoms with Gasteiger partial charge in [0.05, 0.1) is 6.10 Å². The van der Waals surface area contributed by atoms with Crippen LogP contribution in [0.5, 0.6) is 0 Å². The summed E-state index contributed by atoms with van der Waals surface area (Å²) in [7, 11) is 0. The summed E-state index contributed by atoms with van der Waals surface area (Å²) < 4.78 is 0. The molecule has 0 aromatic heterocycles. The summed E-state index contributed by atoms with van der Waals surface area (Å²) in [5.74, 6) is 0. The van der Waals surface area contributed by atoms with Gasteiger partial charge in [0.15, 0.2) is 0 Å². The Morgan fingerprint density at radius 1 is 0.783 bits per heavy atom. The van der Waals surface area contributed by atoms with Gasteiger partial charge in [-0.2, -0.15) is 0 Å². The molecule has 2 nitrogen and oxygen atoms in total. The number of aliphatic hydroxyl groups excluding tert-OH is 1. The average molecular weight is 309 g/mol. The Kier molecular flexibility index (Phi) is 5.84. The zero-order valence-electron chi connectivity index (χ0n) is 13.8. The predicted molar refractivity (Wildman–Crippen MR) is 96.4 cm³/mol. The van der Waals surface area contributed by atoms with Crippen molar-refractivity contribution in [2.24, 2.45) is 0 Å². The summed E-state index contributed by atoms with van der Waals surface area (Å²) >= 11 is 0. The third-order valence-electron chi connectivity index (χ3n) is 4.82. The van der Waals surface area contributed by atoms with Gasteiger partial charge in [0.2, 0.25) is 0 Å². The summed E-state index contributed by atoms with van der Waals surface area (Å²) in [6.45, 7) is 3.39. The van der Waals surface area contributed by atoms with E-state index in [4.69, 9.17) is 0 Å². The fraction of sp³-hybridized carbons (Fsp3) is 0.429. The molecule has 0 amide bonds. The van der Waals surface area contributed by atoms with Crippen LogP contribution in [0.4, 0.5) is 0 Å². The first-order valence-corrected chi connectivity index (χ1v) is 8.89. The highest BCUT2D eigenvalue weighted by Gasteiger charge is 2.13. The Bertz CT molecular complexity index is 571. The molecule has 1 saturated heterocycles. The Balaban J connectivity index is 1.56. The van der Waals surface area contributed by atoms with E-state index in [1.54, 1.807) is 0 Å². The van der Waals surface area contributed by atoms with Gasteiger partial charge in [-0.15, -0.1) is 0 Å². The van der Waals surface area contributed by atoms with Crippen LogP contribution in [-0.4, -0.2) is 29.6 Å². The Morgan fingerprint density at radius 3 is 2.04 bits per heavy atom. The molecular formula is C21H27NO. The lowest BCUT2D eigenvalue weighted by Gasteiger charge is -2.21. The van der Waals surface area contributed by atoms with Gasteiger partial charge in [-0.05, 0) is 49.0 Å². The summed E-state index contributed by atoms with van der Waals surface area (Å²) in [5, 5.41) is 10.5. The molecule has 1 N–H and O–H groups in total. The van der Waals surface area contributed by atoms with Crippen LogP contribution >= 0.6 is 0 Å². The lowest BCUT2D eigenvalue weighted by molar-refractivity contribution is 0.143. The molecule has 1 heterocycles. The van der Waals surface area contributed by atoms with Crippen LogP contribution in [0.2, 0.25) is 0 Å². The van der Waals surface area contributed by atoms with E-state index in [-0.39, 0.29) is 6.10 Å². The molecular weight excluding hydrogens is 282 g/mol. The van der Waals surface area contributed by atoms with Crippen molar-refractivity contribution < 1.29 is 5.11 Å². The second-order valence-electron chi connectivity index (χ2n) is 6.55. The Hall–Kier alpha value is -1.64. The van der Waals surface area contributed by atoms with Crippen LogP contribution in [0.25, 0.3) is 11.1 Å². The van der Waals surface area contributed by atoms with Crippen molar-refractivity contribution in [2.45, 2.75) is 38.2 Å². The second kappa shape index (κ2) is 8.28. The lowest BCUT2D eigenvalue weighted by Crippen LogP contribution is -2.26. The Morgan fingerprint density at radius 2 is 1.39 bits per heavy atom. The van der Waals surface area contributed by atoms with Gasteiger partial charge >= 0.3 is 0 Å². The number of aliphatic hydroxyl groups is 1. The second-order valence-corrected chi connectivity index (χ2v) is 6.55. The molecule has 3 rings (SSSR count). The highest BCUT2D eigenvalue weighted by molar-refractivity contribution is 5.63. The normalized spacial score (nSPS) is 17.6. The average Bonchev–Trinajstić information content (AvgIpc) is 2.89. The van der Waals surface area contributed by atoms with Crippen LogP contribution in [0.15, 0.2) is 54.6 Å². The zero-order valence-corrected chi connectivity index (χ0v) is 13.8. The minimum absolute atomic E-state index is 0.358. The molecule has 1 aliphatic rings. The minimum Gasteiger partial charge on any atom is -0.388 e. The first-order chi connectivity index (χ1) is 11.3. The molecule has 1 aliphatic heterocycles. The van der Waals surface area contributed by atoms with Crippen molar-refractivity contribution in [2.75, 3.05) is 19.6 Å². The van der Waals surface area contributed by atoms with Crippen molar-refractivity contribution >= 4 is 0 Å². The van der Waals surface area contributed by atoms with E-state index in [0.29, 0.717) is 0 Å². The molecule has 1 unspecified atom stereocenters. The van der Waals surface area contributed by atoms with Gasteiger partial charge in [-0.1, -0.05) is 67.4 Å². The maximum atomic E-state index is 10.5. The van der Waals surface area contributed by atoms with Crippen LogP contribution in [-0.2, 0) is 0 Å². The topological polar surface area (TPSA) is 23.5 Å². The molecule has 0 bridgehead atoms. The summed E-state index contributed by atoms with van der Waals surface area (Å²) in [6, 6.07) is 18.7. The van der Waals surface area contributed by atoms with Gasteiger partial charge in [-0.25, -0.2) is 0 Å². The van der Waals surface area contributed by atoms with Crippen LogP contribution < -0.4 is 0 Å². The molecule has 0 aliphatic carbocycles. The standard InChI is InChI=1S/C21H27NO/c23-21(14-17-22-15-6-1-2-7-16-22)20-12-10-19(11-13-20)18-8-4-3-5-9-18/h3-5,8-13,21,23H,1-2,6-7,14-17H2. The fourth-order valence-electron chi connectivity index (χ4n) is 3.36. The number of hydrogen-bond acceptors (Lipinski definition) is 2. The molecule has 2 aromatic rings. The first-order valence-electron chi connectivity index (χ1n) is 8.89. The molecule has 1 atom stereocenters. The molecule has 1 fully saturated rings. The van der Waals surface area contributed by atoms with Crippen LogP contribution in [0, 0.1) is 0 Å². The maximum absolute atomic E-state index is 10.5. The largest absolute Gasteiger partial charge is 0.388 e. The highest BCUT2D eigenvalue weighted by Crippen LogP contribution is 2.23. The predicted octanol–water partition coefficient (Wildman–Crippen LogP) is 4.65. The monoisotopic (exact) mass is 309 g/mol. The van der Waals surface area contributed by atoms with E-state index in [0.717, 1.165) is 18.5 Å². The summed E-state index contributed by atoms with van der Waals surface area (Å²) in [5.41, 5.74) is 3.45. The fourth-order valence-corrected chi connectivity index (χ4v) is 3.36. The van der Waals surface area contributed by atoms with Crippen LogP contribution in [0.3, 0.4) is 0 Å². The third kappa shape index (κ3) is 4.66. The number of nitrogens with zero attached hydrogens (tertiary/aromatic N) is 1. The van der Waals surface area contributed by atoms with E-state index < -0.39 is 0 Å². The maximum Gasteiger partial charge on any atom is 0.0802 e. The molecule has 0 spiro atoms. The molecule has 2 heteroatoms. The smallest absolute Gasteiger partial charge is 0.0802 e. The van der Waals surface area contributed by atoms with E-state index in [1.807, 2.05) is 6.07 Å². The van der Waals surface area contributed by atoms with E-state index in [2.05, 4.69) is 53.4 Å². The number of benzene rings is 2. The minimum atomic E-state index is -0.358. The van der Waals surface area contributed by atoms with Crippen LogP contribution in [0.1, 0.15) is 43.8 Å². The van der Waals surface area contributed by atoms with E-state index >= 15 is 0 Å². The zero-order chi connectivity index (χ0) is 15.9. The van der Waals surface area contributed by atoms with Gasteiger partial charge in [-0.3, -0.25) is 0 Å². The summed E-state index contributed by atoms with van der Waals surface area (Å²) in [6.07, 6.45) is 5.80. The van der Waals surface area contributed by atoms with Crippen molar-refractivity contribution in [1.82, 2.24) is 4.90 Å². The molecule has 0 saturated carbocycles. The van der Waals surface area contributed by atoms with Crippen molar-refractivity contribution in [3.8, 4) is 11.1 Å². The van der Waals surface area contributed by atoms with Gasteiger partial charge in [0, 0.05) is 6.54 Å². The van der Waals surface area contributed by atoms with Gasteiger partial charge in [0.25, 0.3) is 0 Å². The lowest BCUT2D eigenvalue weighted by atomic mass is 10.0. The summed E-state index contributed by atoms with van der Waals surface area (Å²) in [4.78, 5) is 2.51. The number of rotatable bonds is 5. The highest BCUT2D eigenvalue weighted by atomic mass is 16.3. The molecule has 2 aromatic carbocycles. The SMILES string of the molecule is OC(CCN1CCCCCC1)c1ccc(-c2ccccc2)cc1. The Labute approximate surface area is 139 Å². The molecule has 23 heavy (non-hydrogen) atoms. The van der Waals surface area contributed by atoms with Crippen molar-refractivity contribution in [1.29, 1.82) is 0 Å². The first kappa shape index (κ1) is 16.2. The van der Waals surface area contributed by atoms with E-state index in [1.165, 1.54) is 49.9 Å². The molecule has 0 radical (unpaired) electrons. The molecule has 122 valence electrons. The van der Waals surface area contributed by atoms with E-state index in [9.17, 15) is 5.11 Å². The third-order valence-corrected chi connectivity index (χ3v) is 4.82. The van der Waals surface area contributed by atoms with Gasteiger partial charge < -0.3 is 10.0 Å². The van der Waals surface area contributed by atoms with Gasteiger partial charge in [0.1, 0.15) is 0 Å². The number of likely N-dealkylation sites (tertiary alicyclic amines) is 1.